The van der Waals surface area contributed by atoms with E-state index >= 15 is 0 Å². The second-order valence-electron chi connectivity index (χ2n) is 7.31. The van der Waals surface area contributed by atoms with E-state index in [9.17, 15) is 13.2 Å². The number of aromatic nitrogens is 6. The standard InChI is InChI=1S/C22H17F3N8/c23-22(24,25)15-3-1-14(2-4-15)11-33-13-28-18-19(26)30-21(31-20(18)33)29-16-5-7-17(8-6-16)32-10-9-27-12-32/h1-10,12-13H,11H2,(H3,26,29,30,31). The summed E-state index contributed by atoms with van der Waals surface area (Å²) in [6, 6.07) is 12.6. The summed E-state index contributed by atoms with van der Waals surface area (Å²) < 4.78 is 42.0. The van der Waals surface area contributed by atoms with Gasteiger partial charge in [0.05, 0.1) is 24.8 Å². The van der Waals surface area contributed by atoms with Crippen molar-refractivity contribution in [3.05, 3.63) is 84.7 Å². The minimum Gasteiger partial charge on any atom is -0.382 e. The molecular formula is C22H17F3N8. The Morgan fingerprint density at radius 1 is 0.939 bits per heavy atom. The van der Waals surface area contributed by atoms with Crippen LogP contribution in [0.3, 0.4) is 0 Å². The molecule has 11 heteroatoms. The van der Waals surface area contributed by atoms with E-state index in [-0.39, 0.29) is 18.3 Å². The van der Waals surface area contributed by atoms with Crippen LogP contribution in [-0.4, -0.2) is 29.1 Å². The van der Waals surface area contributed by atoms with Gasteiger partial charge in [0.15, 0.2) is 11.5 Å². The minimum atomic E-state index is -4.38. The Balaban J connectivity index is 1.39. The molecule has 3 heterocycles. The van der Waals surface area contributed by atoms with E-state index in [4.69, 9.17) is 5.73 Å². The van der Waals surface area contributed by atoms with Crippen LogP contribution in [0.1, 0.15) is 11.1 Å². The fourth-order valence-electron chi connectivity index (χ4n) is 3.39. The number of hydrogen-bond acceptors (Lipinski definition) is 6. The van der Waals surface area contributed by atoms with Gasteiger partial charge in [0, 0.05) is 23.8 Å². The molecule has 0 fully saturated rings. The van der Waals surface area contributed by atoms with E-state index in [2.05, 4.69) is 25.3 Å². The van der Waals surface area contributed by atoms with Gasteiger partial charge >= 0.3 is 6.18 Å². The summed E-state index contributed by atoms with van der Waals surface area (Å²) in [5, 5.41) is 3.12. The van der Waals surface area contributed by atoms with E-state index in [1.165, 1.54) is 18.5 Å². The van der Waals surface area contributed by atoms with Gasteiger partial charge in [0.25, 0.3) is 0 Å². The van der Waals surface area contributed by atoms with E-state index < -0.39 is 11.7 Å². The summed E-state index contributed by atoms with van der Waals surface area (Å²) >= 11 is 0. The van der Waals surface area contributed by atoms with E-state index in [0.717, 1.165) is 23.5 Å². The van der Waals surface area contributed by atoms with Crippen LogP contribution >= 0.6 is 0 Å². The number of rotatable bonds is 5. The van der Waals surface area contributed by atoms with Crippen molar-refractivity contribution in [3.8, 4) is 5.69 Å². The first kappa shape index (κ1) is 20.5. The van der Waals surface area contributed by atoms with Gasteiger partial charge in [-0.1, -0.05) is 12.1 Å². The molecule has 0 aliphatic heterocycles. The summed E-state index contributed by atoms with van der Waals surface area (Å²) in [4.78, 5) is 17.1. The van der Waals surface area contributed by atoms with Crippen molar-refractivity contribution in [3.63, 3.8) is 0 Å². The summed E-state index contributed by atoms with van der Waals surface area (Å²) in [6.45, 7) is 0.282. The summed E-state index contributed by atoms with van der Waals surface area (Å²) in [5.74, 6) is 0.480. The first-order valence-electron chi connectivity index (χ1n) is 9.87. The van der Waals surface area contributed by atoms with Gasteiger partial charge in [-0.2, -0.15) is 23.1 Å². The van der Waals surface area contributed by atoms with Crippen LogP contribution in [-0.2, 0) is 12.7 Å². The molecule has 0 bridgehead atoms. The lowest BCUT2D eigenvalue weighted by Crippen LogP contribution is -2.06. The van der Waals surface area contributed by atoms with Crippen molar-refractivity contribution in [2.45, 2.75) is 12.7 Å². The number of nitrogens with two attached hydrogens (primary N) is 1. The fourth-order valence-corrected chi connectivity index (χ4v) is 3.39. The predicted octanol–water partition coefficient (Wildman–Crippen LogP) is 4.40. The molecule has 0 aliphatic rings. The van der Waals surface area contributed by atoms with Crippen LogP contribution in [0.4, 0.5) is 30.6 Å². The highest BCUT2D eigenvalue weighted by Crippen LogP contribution is 2.29. The molecule has 33 heavy (non-hydrogen) atoms. The van der Waals surface area contributed by atoms with Crippen molar-refractivity contribution in [1.82, 2.24) is 29.1 Å². The average molecular weight is 450 g/mol. The monoisotopic (exact) mass is 450 g/mol. The normalized spacial score (nSPS) is 11.7. The number of anilines is 3. The van der Waals surface area contributed by atoms with Gasteiger partial charge < -0.3 is 20.2 Å². The Morgan fingerprint density at radius 2 is 1.70 bits per heavy atom. The molecule has 2 aromatic carbocycles. The third-order valence-electron chi connectivity index (χ3n) is 5.05. The number of nitrogen functional groups attached to an aromatic ring is 1. The van der Waals surface area contributed by atoms with Crippen LogP contribution in [0, 0.1) is 0 Å². The highest BCUT2D eigenvalue weighted by molar-refractivity contribution is 5.83. The molecule has 0 radical (unpaired) electrons. The number of nitrogens with zero attached hydrogens (tertiary/aromatic N) is 6. The second kappa shape index (κ2) is 7.93. The molecule has 5 rings (SSSR count). The number of alkyl halides is 3. The van der Waals surface area contributed by atoms with Crippen LogP contribution in [0.5, 0.6) is 0 Å². The molecule has 3 aromatic heterocycles. The maximum absolute atomic E-state index is 12.8. The van der Waals surface area contributed by atoms with E-state index in [1.54, 1.807) is 17.1 Å². The third-order valence-corrected chi connectivity index (χ3v) is 5.05. The summed E-state index contributed by atoms with van der Waals surface area (Å²) in [6.07, 6.45) is 2.42. The largest absolute Gasteiger partial charge is 0.416 e. The van der Waals surface area contributed by atoms with Crippen LogP contribution < -0.4 is 11.1 Å². The van der Waals surface area contributed by atoms with Gasteiger partial charge in [0.2, 0.25) is 5.95 Å². The smallest absolute Gasteiger partial charge is 0.382 e. The highest BCUT2D eigenvalue weighted by atomic mass is 19.4. The molecule has 166 valence electrons. The Labute approximate surface area is 185 Å². The maximum Gasteiger partial charge on any atom is 0.416 e. The molecule has 0 atom stereocenters. The molecule has 0 saturated heterocycles. The molecule has 3 N–H and O–H groups in total. The van der Waals surface area contributed by atoms with Crippen LogP contribution in [0.25, 0.3) is 16.9 Å². The van der Waals surface area contributed by atoms with Gasteiger partial charge in [-0.15, -0.1) is 0 Å². The van der Waals surface area contributed by atoms with E-state index in [1.807, 2.05) is 35.0 Å². The van der Waals surface area contributed by atoms with Crippen molar-refractivity contribution >= 4 is 28.6 Å². The molecule has 8 nitrogen and oxygen atoms in total. The van der Waals surface area contributed by atoms with Crippen molar-refractivity contribution < 1.29 is 13.2 Å². The number of nitrogens with one attached hydrogen (secondary N) is 1. The van der Waals surface area contributed by atoms with Crippen molar-refractivity contribution in [2.24, 2.45) is 0 Å². The zero-order chi connectivity index (χ0) is 23.0. The fraction of sp³-hybridized carbons (Fsp3) is 0.0909. The van der Waals surface area contributed by atoms with Crippen molar-refractivity contribution in [1.29, 1.82) is 0 Å². The zero-order valence-electron chi connectivity index (χ0n) is 17.0. The van der Waals surface area contributed by atoms with Crippen LogP contribution in [0.2, 0.25) is 0 Å². The molecule has 0 unspecified atom stereocenters. The minimum absolute atomic E-state index is 0.198. The molecule has 0 amide bonds. The Morgan fingerprint density at radius 3 is 2.36 bits per heavy atom. The molecular weight excluding hydrogens is 433 g/mol. The molecule has 0 spiro atoms. The number of imidazole rings is 2. The first-order valence-corrected chi connectivity index (χ1v) is 9.87. The first-order chi connectivity index (χ1) is 15.9. The topological polar surface area (TPSA) is 99.5 Å². The van der Waals surface area contributed by atoms with Gasteiger partial charge in [0.1, 0.15) is 5.52 Å². The molecule has 5 aromatic rings. The summed E-state index contributed by atoms with van der Waals surface area (Å²) in [5.41, 5.74) is 8.64. The Kier molecular flexibility index (Phi) is 4.93. The van der Waals surface area contributed by atoms with E-state index in [0.29, 0.717) is 16.7 Å². The quantitative estimate of drug-likeness (QED) is 0.412. The van der Waals surface area contributed by atoms with Gasteiger partial charge in [-0.25, -0.2) is 9.97 Å². The number of benzene rings is 2. The molecule has 0 saturated carbocycles. The lowest BCUT2D eigenvalue weighted by atomic mass is 10.1. The highest BCUT2D eigenvalue weighted by Gasteiger charge is 2.29. The van der Waals surface area contributed by atoms with Crippen LogP contribution in [0.15, 0.2) is 73.6 Å². The van der Waals surface area contributed by atoms with Crippen molar-refractivity contribution in [2.75, 3.05) is 11.1 Å². The number of hydrogen-bond donors (Lipinski definition) is 2. The average Bonchev–Trinajstić information content (AvgIpc) is 3.45. The number of halogens is 3. The Hall–Kier alpha value is -4.41. The second-order valence-corrected chi connectivity index (χ2v) is 7.31. The maximum atomic E-state index is 12.8. The lowest BCUT2D eigenvalue weighted by Gasteiger charge is -2.10. The summed E-state index contributed by atoms with van der Waals surface area (Å²) in [7, 11) is 0. The Bertz CT molecular complexity index is 1390. The molecule has 0 aliphatic carbocycles. The van der Waals surface area contributed by atoms with Gasteiger partial charge in [-0.05, 0) is 42.0 Å². The van der Waals surface area contributed by atoms with Gasteiger partial charge in [-0.3, -0.25) is 0 Å². The third kappa shape index (κ3) is 4.20. The number of fused-ring (bicyclic) bond motifs is 1. The predicted molar refractivity (Wildman–Crippen MR) is 117 cm³/mol. The lowest BCUT2D eigenvalue weighted by molar-refractivity contribution is -0.137. The SMILES string of the molecule is Nc1nc(Nc2ccc(-n3ccnc3)cc2)nc2c1ncn2Cc1ccc(C(F)(F)F)cc1. The zero-order valence-corrected chi connectivity index (χ0v) is 17.0.